The molecule has 0 unspecified atom stereocenters. The van der Waals surface area contributed by atoms with Crippen LogP contribution in [0.3, 0.4) is 0 Å². The van der Waals surface area contributed by atoms with Gasteiger partial charge in [-0.2, -0.15) is 4.98 Å². The van der Waals surface area contributed by atoms with Crippen molar-refractivity contribution in [1.29, 1.82) is 0 Å². The maximum absolute atomic E-state index is 15.0. The summed E-state index contributed by atoms with van der Waals surface area (Å²) in [6.07, 6.45) is 3.04. The second-order valence-electron chi connectivity index (χ2n) is 10.0. The summed E-state index contributed by atoms with van der Waals surface area (Å²) in [6.45, 7) is 15.7. The fourth-order valence-electron chi connectivity index (χ4n) is 4.72. The van der Waals surface area contributed by atoms with Crippen LogP contribution in [0.15, 0.2) is 36.8 Å². The molecule has 5 rings (SSSR count). The summed E-state index contributed by atoms with van der Waals surface area (Å²) in [5, 5.41) is 3.17. The van der Waals surface area contributed by atoms with Crippen molar-refractivity contribution in [2.24, 2.45) is 0 Å². The molecule has 4 aromatic rings. The van der Waals surface area contributed by atoms with Crippen LogP contribution in [0.5, 0.6) is 17.4 Å². The second kappa shape index (κ2) is 14.2. The van der Waals surface area contributed by atoms with E-state index in [0.29, 0.717) is 11.5 Å². The van der Waals surface area contributed by atoms with Crippen LogP contribution in [0.1, 0.15) is 26.5 Å². The summed E-state index contributed by atoms with van der Waals surface area (Å²) in [7, 11) is 3.52. The zero-order chi connectivity index (χ0) is 30.2. The molecule has 0 saturated carbocycles. The molecule has 226 valence electrons. The third-order valence-corrected chi connectivity index (χ3v) is 7.29. The normalized spacial score (nSPS) is 13.7. The Hall–Kier alpha value is -4.03. The molecule has 2 N–H and O–H groups in total. The number of ether oxygens (including phenoxy) is 2. The van der Waals surface area contributed by atoms with E-state index >= 15 is 4.39 Å². The number of likely N-dealkylation sites (N-methyl/N-ethyl adjacent to an activating group) is 1. The Labute approximate surface area is 245 Å². The zero-order valence-electron chi connectivity index (χ0n) is 25.2. The quantitative estimate of drug-likeness (QED) is 0.262. The van der Waals surface area contributed by atoms with Crippen molar-refractivity contribution in [3.05, 3.63) is 54.1 Å². The Bertz CT molecular complexity index is 1450. The number of nitrogens with one attached hydrogen (secondary N) is 2. The summed E-state index contributed by atoms with van der Waals surface area (Å²) in [4.78, 5) is 22.5. The predicted octanol–water partition coefficient (Wildman–Crippen LogP) is 5.58. The number of rotatable bonds is 9. The minimum absolute atomic E-state index is 0.0658. The summed E-state index contributed by atoms with van der Waals surface area (Å²) in [5.41, 5.74) is 1.75. The van der Waals surface area contributed by atoms with E-state index in [1.54, 1.807) is 13.1 Å². The van der Waals surface area contributed by atoms with Gasteiger partial charge in [-0.25, -0.2) is 18.7 Å². The third-order valence-electron chi connectivity index (χ3n) is 7.29. The molecule has 0 radical (unpaired) electrons. The van der Waals surface area contributed by atoms with Crippen molar-refractivity contribution in [2.75, 3.05) is 70.2 Å². The molecule has 12 heteroatoms. The summed E-state index contributed by atoms with van der Waals surface area (Å²) >= 11 is 0. The van der Waals surface area contributed by atoms with Crippen LogP contribution < -0.4 is 19.7 Å². The molecule has 1 saturated heterocycles. The standard InChI is InChI=1S/C24H25F2N7O2.C6H15N/c1-14-10-16-20(26)18(11-17(25)21(16)30-14)35-24-22(34-3)23(28-13-29-24)31-19-5-4-15(12-27-19)33-8-6-32(2)7-9-33;1-4-7(5-2)6-3/h4-5,10-13,30H,6-9H2,1-3H3,(H,27,28,29,31);4-6H2,1-3H3. The van der Waals surface area contributed by atoms with E-state index in [4.69, 9.17) is 9.47 Å². The van der Waals surface area contributed by atoms with Crippen molar-refractivity contribution in [3.8, 4) is 17.4 Å². The number of benzene rings is 1. The number of methoxy groups -OCH3 is 1. The predicted molar refractivity (Wildman–Crippen MR) is 162 cm³/mol. The second-order valence-corrected chi connectivity index (χ2v) is 10.0. The Kier molecular flexibility index (Phi) is 10.5. The molecule has 10 nitrogen and oxygen atoms in total. The van der Waals surface area contributed by atoms with Crippen molar-refractivity contribution in [3.63, 3.8) is 0 Å². The number of fused-ring (bicyclic) bond motifs is 1. The van der Waals surface area contributed by atoms with E-state index in [1.807, 2.05) is 12.1 Å². The smallest absolute Gasteiger partial charge is 0.268 e. The highest BCUT2D eigenvalue weighted by molar-refractivity contribution is 5.83. The Morgan fingerprint density at radius 3 is 2.31 bits per heavy atom. The van der Waals surface area contributed by atoms with Crippen LogP contribution in [0.25, 0.3) is 10.9 Å². The van der Waals surface area contributed by atoms with Crippen LogP contribution in [0.4, 0.5) is 26.1 Å². The van der Waals surface area contributed by atoms with Crippen LogP contribution in [0.2, 0.25) is 0 Å². The van der Waals surface area contributed by atoms with Crippen molar-refractivity contribution in [1.82, 2.24) is 29.7 Å². The lowest BCUT2D eigenvalue weighted by atomic mass is 10.2. The van der Waals surface area contributed by atoms with E-state index in [1.165, 1.54) is 39.1 Å². The summed E-state index contributed by atoms with van der Waals surface area (Å²) in [5.74, 6) is -0.787. The molecule has 0 bridgehead atoms. The minimum atomic E-state index is -0.706. The van der Waals surface area contributed by atoms with Gasteiger partial charge in [-0.3, -0.25) is 0 Å². The molecule has 1 aliphatic heterocycles. The number of anilines is 3. The lowest BCUT2D eigenvalue weighted by Crippen LogP contribution is -2.44. The summed E-state index contributed by atoms with van der Waals surface area (Å²) in [6, 6.07) is 6.31. The topological polar surface area (TPSA) is 94.7 Å². The van der Waals surface area contributed by atoms with Gasteiger partial charge in [0, 0.05) is 43.3 Å². The molecule has 1 aromatic carbocycles. The number of hydrogen-bond acceptors (Lipinski definition) is 9. The van der Waals surface area contributed by atoms with Gasteiger partial charge in [-0.1, -0.05) is 20.8 Å². The Morgan fingerprint density at radius 2 is 1.71 bits per heavy atom. The zero-order valence-corrected chi connectivity index (χ0v) is 25.2. The molecule has 0 spiro atoms. The van der Waals surface area contributed by atoms with E-state index in [2.05, 4.69) is 67.8 Å². The largest absolute Gasteiger partial charge is 0.489 e. The van der Waals surface area contributed by atoms with Crippen LogP contribution in [0, 0.1) is 18.6 Å². The van der Waals surface area contributed by atoms with Gasteiger partial charge in [0.1, 0.15) is 12.1 Å². The molecule has 0 atom stereocenters. The third kappa shape index (κ3) is 7.24. The van der Waals surface area contributed by atoms with E-state index in [9.17, 15) is 4.39 Å². The van der Waals surface area contributed by atoms with Crippen LogP contribution in [-0.2, 0) is 0 Å². The van der Waals surface area contributed by atoms with Gasteiger partial charge < -0.3 is 34.5 Å². The first kappa shape index (κ1) is 30.9. The Balaban J connectivity index is 0.000000517. The number of hydrogen-bond donors (Lipinski definition) is 2. The number of pyridine rings is 1. The molecular weight excluding hydrogens is 542 g/mol. The highest BCUT2D eigenvalue weighted by atomic mass is 19.1. The van der Waals surface area contributed by atoms with Gasteiger partial charge in [0.15, 0.2) is 23.2 Å². The van der Waals surface area contributed by atoms with Crippen LogP contribution in [-0.4, -0.2) is 89.7 Å². The van der Waals surface area contributed by atoms with Crippen LogP contribution >= 0.6 is 0 Å². The van der Waals surface area contributed by atoms with Gasteiger partial charge in [-0.15, -0.1) is 0 Å². The van der Waals surface area contributed by atoms with Gasteiger partial charge in [-0.05, 0) is 51.8 Å². The van der Waals surface area contributed by atoms with E-state index < -0.39 is 11.6 Å². The number of aryl methyl sites for hydroxylation is 1. The molecule has 1 fully saturated rings. The summed E-state index contributed by atoms with van der Waals surface area (Å²) < 4.78 is 40.6. The van der Waals surface area contributed by atoms with Crippen molar-refractivity contribution < 1.29 is 18.3 Å². The number of aromatic amines is 1. The number of piperazine rings is 1. The molecule has 3 aromatic heterocycles. The lowest BCUT2D eigenvalue weighted by Gasteiger charge is -2.33. The maximum atomic E-state index is 15.0. The molecule has 4 heterocycles. The highest BCUT2D eigenvalue weighted by Crippen LogP contribution is 2.38. The highest BCUT2D eigenvalue weighted by Gasteiger charge is 2.21. The SMILES string of the molecule is CCN(CC)CC.COc1c(Nc2ccc(N3CCN(C)CC3)cn2)ncnc1Oc1cc(F)c2[nH]c(C)cc2c1F. The average molecular weight is 583 g/mol. The average Bonchev–Trinajstić information content (AvgIpc) is 3.40. The Morgan fingerprint density at radius 1 is 1.00 bits per heavy atom. The fourth-order valence-corrected chi connectivity index (χ4v) is 4.72. The minimum Gasteiger partial charge on any atom is -0.489 e. The first-order valence-electron chi connectivity index (χ1n) is 14.2. The number of H-pyrrole nitrogens is 1. The van der Waals surface area contributed by atoms with E-state index in [-0.39, 0.29) is 34.1 Å². The number of halogens is 2. The number of aromatic nitrogens is 4. The van der Waals surface area contributed by atoms with Crippen molar-refractivity contribution in [2.45, 2.75) is 27.7 Å². The number of nitrogens with zero attached hydrogens (tertiary/aromatic N) is 6. The first-order valence-corrected chi connectivity index (χ1v) is 14.2. The van der Waals surface area contributed by atoms with Gasteiger partial charge in [0.2, 0.25) is 5.75 Å². The monoisotopic (exact) mass is 582 g/mol. The van der Waals surface area contributed by atoms with Gasteiger partial charge in [0.05, 0.1) is 24.5 Å². The molecule has 1 aliphatic rings. The first-order chi connectivity index (χ1) is 20.3. The molecule has 0 amide bonds. The van der Waals surface area contributed by atoms with Gasteiger partial charge >= 0.3 is 0 Å². The maximum Gasteiger partial charge on any atom is 0.268 e. The van der Waals surface area contributed by atoms with Crippen molar-refractivity contribution >= 4 is 28.2 Å². The molecule has 0 aliphatic carbocycles. The van der Waals surface area contributed by atoms with Gasteiger partial charge in [0.25, 0.3) is 5.88 Å². The lowest BCUT2D eigenvalue weighted by molar-refractivity contribution is 0.313. The molecular formula is C30H40F2N8O2. The van der Waals surface area contributed by atoms with E-state index in [0.717, 1.165) is 37.9 Å². The molecule has 42 heavy (non-hydrogen) atoms. The fraction of sp³-hybridized carbons (Fsp3) is 0.433.